The predicted molar refractivity (Wildman–Crippen MR) is 80.6 cm³/mol. The average Bonchev–Trinajstić information content (AvgIpc) is 2.53. The predicted octanol–water partition coefficient (Wildman–Crippen LogP) is 2.46. The van der Waals surface area contributed by atoms with Crippen LogP contribution in [0, 0.1) is 0 Å². The van der Waals surface area contributed by atoms with E-state index < -0.39 is 0 Å². The zero-order valence-corrected chi connectivity index (χ0v) is 12.2. The average molecular weight is 276 g/mol. The summed E-state index contributed by atoms with van der Waals surface area (Å²) in [6.07, 6.45) is 5.08. The van der Waals surface area contributed by atoms with Crippen molar-refractivity contribution in [2.45, 2.75) is 44.8 Å². The van der Waals surface area contributed by atoms with Gasteiger partial charge in [0.2, 0.25) is 5.91 Å². The molecule has 0 radical (unpaired) electrons. The standard InChI is InChI=1S/C16H24N2O2/c1-18(14-7-5-13(12-17)6-8-14)16(19)10-9-15-4-2-3-11-20-15/h5-8,15H,2-4,9-12,17H2,1H3. The summed E-state index contributed by atoms with van der Waals surface area (Å²) in [7, 11) is 1.82. The van der Waals surface area contributed by atoms with Gasteiger partial charge in [-0.25, -0.2) is 0 Å². The van der Waals surface area contributed by atoms with Gasteiger partial charge in [0.15, 0.2) is 0 Å². The molecule has 0 aromatic heterocycles. The Morgan fingerprint density at radius 2 is 2.10 bits per heavy atom. The van der Waals surface area contributed by atoms with Crippen LogP contribution in [0.1, 0.15) is 37.7 Å². The number of ether oxygens (including phenoxy) is 1. The minimum Gasteiger partial charge on any atom is -0.378 e. The molecule has 0 bridgehead atoms. The normalized spacial score (nSPS) is 18.8. The molecule has 110 valence electrons. The Hall–Kier alpha value is -1.39. The molecule has 2 N–H and O–H groups in total. The third kappa shape index (κ3) is 4.05. The molecule has 1 aliphatic rings. The zero-order chi connectivity index (χ0) is 14.4. The molecular formula is C16H24N2O2. The summed E-state index contributed by atoms with van der Waals surface area (Å²) in [6, 6.07) is 7.81. The molecule has 2 rings (SSSR count). The molecule has 20 heavy (non-hydrogen) atoms. The van der Waals surface area contributed by atoms with Crippen LogP contribution in [0.4, 0.5) is 5.69 Å². The minimum absolute atomic E-state index is 0.139. The van der Waals surface area contributed by atoms with Crippen molar-refractivity contribution >= 4 is 11.6 Å². The number of hydrogen-bond acceptors (Lipinski definition) is 3. The molecule has 0 spiro atoms. The number of rotatable bonds is 5. The molecule has 0 aliphatic carbocycles. The smallest absolute Gasteiger partial charge is 0.226 e. The summed E-state index contributed by atoms with van der Waals surface area (Å²) < 4.78 is 5.66. The first kappa shape index (κ1) is 15.0. The van der Waals surface area contributed by atoms with E-state index in [0.29, 0.717) is 13.0 Å². The van der Waals surface area contributed by atoms with Crippen molar-refractivity contribution < 1.29 is 9.53 Å². The Labute approximate surface area is 120 Å². The lowest BCUT2D eigenvalue weighted by atomic mass is 10.0. The van der Waals surface area contributed by atoms with Crippen LogP contribution in [0.2, 0.25) is 0 Å². The number of anilines is 1. The van der Waals surface area contributed by atoms with E-state index in [9.17, 15) is 4.79 Å². The van der Waals surface area contributed by atoms with E-state index in [2.05, 4.69) is 0 Å². The summed E-state index contributed by atoms with van der Waals surface area (Å²) in [5.41, 5.74) is 7.56. The highest BCUT2D eigenvalue weighted by molar-refractivity contribution is 5.92. The molecule has 1 aromatic rings. The highest BCUT2D eigenvalue weighted by atomic mass is 16.5. The fourth-order valence-electron chi connectivity index (χ4n) is 2.49. The second-order valence-corrected chi connectivity index (χ2v) is 5.35. The summed E-state index contributed by atoms with van der Waals surface area (Å²) >= 11 is 0. The van der Waals surface area contributed by atoms with Gasteiger partial charge in [-0.2, -0.15) is 0 Å². The lowest BCUT2D eigenvalue weighted by molar-refractivity contribution is -0.119. The minimum atomic E-state index is 0.139. The van der Waals surface area contributed by atoms with Gasteiger partial charge < -0.3 is 15.4 Å². The maximum Gasteiger partial charge on any atom is 0.226 e. The van der Waals surface area contributed by atoms with Crippen molar-refractivity contribution in [3.8, 4) is 0 Å². The molecule has 4 nitrogen and oxygen atoms in total. The number of nitrogens with zero attached hydrogens (tertiary/aromatic N) is 1. The first-order chi connectivity index (χ1) is 9.70. The largest absolute Gasteiger partial charge is 0.378 e. The van der Waals surface area contributed by atoms with Crippen molar-refractivity contribution in [1.82, 2.24) is 0 Å². The van der Waals surface area contributed by atoms with Crippen molar-refractivity contribution in [1.29, 1.82) is 0 Å². The van der Waals surface area contributed by atoms with Crippen molar-refractivity contribution in [2.75, 3.05) is 18.6 Å². The third-order valence-corrected chi connectivity index (χ3v) is 3.89. The number of carbonyl (C=O) groups excluding carboxylic acids is 1. The number of nitrogens with two attached hydrogens (primary N) is 1. The van der Waals surface area contributed by atoms with Gasteiger partial charge in [-0.05, 0) is 43.4 Å². The lowest BCUT2D eigenvalue weighted by Crippen LogP contribution is -2.28. The van der Waals surface area contributed by atoms with Crippen LogP contribution in [-0.2, 0) is 16.1 Å². The van der Waals surface area contributed by atoms with E-state index >= 15 is 0 Å². The van der Waals surface area contributed by atoms with Gasteiger partial charge >= 0.3 is 0 Å². The van der Waals surface area contributed by atoms with Crippen LogP contribution in [0.15, 0.2) is 24.3 Å². The monoisotopic (exact) mass is 276 g/mol. The Balaban J connectivity index is 1.83. The molecular weight excluding hydrogens is 252 g/mol. The van der Waals surface area contributed by atoms with Crippen LogP contribution in [0.5, 0.6) is 0 Å². The first-order valence-electron chi connectivity index (χ1n) is 7.38. The van der Waals surface area contributed by atoms with E-state index in [1.165, 1.54) is 6.42 Å². The molecule has 1 saturated heterocycles. The van der Waals surface area contributed by atoms with Gasteiger partial charge in [0.25, 0.3) is 0 Å². The molecule has 4 heteroatoms. The number of amides is 1. The Bertz CT molecular complexity index is 425. The van der Waals surface area contributed by atoms with E-state index in [4.69, 9.17) is 10.5 Å². The fraction of sp³-hybridized carbons (Fsp3) is 0.562. The van der Waals surface area contributed by atoms with Gasteiger partial charge in [0.05, 0.1) is 6.10 Å². The highest BCUT2D eigenvalue weighted by Gasteiger charge is 2.17. The quantitative estimate of drug-likeness (QED) is 0.898. The second-order valence-electron chi connectivity index (χ2n) is 5.35. The molecule has 0 saturated carbocycles. The van der Waals surface area contributed by atoms with Crippen LogP contribution in [0.3, 0.4) is 0 Å². The maximum atomic E-state index is 12.2. The maximum absolute atomic E-state index is 12.2. The number of hydrogen-bond donors (Lipinski definition) is 1. The third-order valence-electron chi connectivity index (χ3n) is 3.89. The van der Waals surface area contributed by atoms with Crippen LogP contribution >= 0.6 is 0 Å². The summed E-state index contributed by atoms with van der Waals surface area (Å²) in [5, 5.41) is 0. The number of carbonyl (C=O) groups is 1. The lowest BCUT2D eigenvalue weighted by Gasteiger charge is -2.23. The fourth-order valence-corrected chi connectivity index (χ4v) is 2.49. The molecule has 1 aromatic carbocycles. The second kappa shape index (κ2) is 7.41. The first-order valence-corrected chi connectivity index (χ1v) is 7.38. The zero-order valence-electron chi connectivity index (χ0n) is 12.2. The van der Waals surface area contributed by atoms with Gasteiger partial charge in [0, 0.05) is 32.3 Å². The molecule has 1 heterocycles. The van der Waals surface area contributed by atoms with Crippen LogP contribution in [0.25, 0.3) is 0 Å². The van der Waals surface area contributed by atoms with Gasteiger partial charge in [-0.3, -0.25) is 4.79 Å². The SMILES string of the molecule is CN(C(=O)CCC1CCCCO1)c1ccc(CN)cc1. The van der Waals surface area contributed by atoms with Gasteiger partial charge in [-0.15, -0.1) is 0 Å². The van der Waals surface area contributed by atoms with Gasteiger partial charge in [-0.1, -0.05) is 12.1 Å². The van der Waals surface area contributed by atoms with Crippen molar-refractivity contribution in [2.24, 2.45) is 5.73 Å². The molecule has 1 aliphatic heterocycles. The van der Waals surface area contributed by atoms with Crippen molar-refractivity contribution in [3.05, 3.63) is 29.8 Å². The van der Waals surface area contributed by atoms with E-state index in [1.807, 2.05) is 31.3 Å². The molecule has 1 unspecified atom stereocenters. The Morgan fingerprint density at radius 3 is 2.70 bits per heavy atom. The number of benzene rings is 1. The topological polar surface area (TPSA) is 55.6 Å². The van der Waals surface area contributed by atoms with Crippen molar-refractivity contribution in [3.63, 3.8) is 0 Å². The Morgan fingerprint density at radius 1 is 1.35 bits per heavy atom. The van der Waals surface area contributed by atoms with E-state index in [-0.39, 0.29) is 12.0 Å². The van der Waals surface area contributed by atoms with Crippen LogP contribution < -0.4 is 10.6 Å². The Kier molecular flexibility index (Phi) is 5.56. The molecule has 1 fully saturated rings. The van der Waals surface area contributed by atoms with Gasteiger partial charge in [0.1, 0.15) is 0 Å². The van der Waals surface area contributed by atoms with Crippen LogP contribution in [-0.4, -0.2) is 25.7 Å². The summed E-state index contributed by atoms with van der Waals surface area (Å²) in [5.74, 6) is 0.139. The van der Waals surface area contributed by atoms with E-state index in [1.54, 1.807) is 4.90 Å². The summed E-state index contributed by atoms with van der Waals surface area (Å²) in [6.45, 7) is 1.37. The molecule has 1 amide bonds. The van der Waals surface area contributed by atoms with E-state index in [0.717, 1.165) is 37.1 Å². The highest BCUT2D eigenvalue weighted by Crippen LogP contribution is 2.19. The molecule has 1 atom stereocenters. The summed E-state index contributed by atoms with van der Waals surface area (Å²) in [4.78, 5) is 13.9.